The number of aromatic nitrogens is 7. The van der Waals surface area contributed by atoms with Gasteiger partial charge in [0.1, 0.15) is 0 Å². The highest BCUT2D eigenvalue weighted by atomic mass is 15.5. The van der Waals surface area contributed by atoms with Crippen molar-refractivity contribution in [3.63, 3.8) is 0 Å². The number of benzene rings is 3. The highest BCUT2D eigenvalue weighted by Gasteiger charge is 2.14. The number of aromatic amines is 1. The minimum atomic E-state index is 0.583. The lowest BCUT2D eigenvalue weighted by atomic mass is 9.98. The number of rotatable bonds is 11. The molecular formula is C29H32N8. The molecule has 0 saturated carbocycles. The van der Waals surface area contributed by atoms with Gasteiger partial charge in [0, 0.05) is 17.5 Å². The summed E-state index contributed by atoms with van der Waals surface area (Å²) in [7, 11) is 0. The predicted octanol–water partition coefficient (Wildman–Crippen LogP) is 5.07. The van der Waals surface area contributed by atoms with Gasteiger partial charge < -0.3 is 5.73 Å². The second kappa shape index (κ2) is 11.7. The Kier molecular flexibility index (Phi) is 7.76. The zero-order valence-electron chi connectivity index (χ0n) is 21.1. The van der Waals surface area contributed by atoms with Crippen LogP contribution in [0.1, 0.15) is 43.1 Å². The Labute approximate surface area is 217 Å². The van der Waals surface area contributed by atoms with Crippen LogP contribution >= 0.6 is 0 Å². The van der Waals surface area contributed by atoms with Gasteiger partial charge in [0.25, 0.3) is 0 Å². The van der Waals surface area contributed by atoms with E-state index in [1.165, 1.54) is 18.4 Å². The van der Waals surface area contributed by atoms with Crippen molar-refractivity contribution < 1.29 is 0 Å². The number of aryl methyl sites for hydroxylation is 1. The van der Waals surface area contributed by atoms with Gasteiger partial charge in [-0.1, -0.05) is 92.6 Å². The first-order chi connectivity index (χ1) is 18.2. The van der Waals surface area contributed by atoms with Gasteiger partial charge in [0.15, 0.2) is 11.6 Å². The fourth-order valence-corrected chi connectivity index (χ4v) is 4.51. The summed E-state index contributed by atoms with van der Waals surface area (Å²) in [5, 5.41) is 19.5. The van der Waals surface area contributed by atoms with Crippen molar-refractivity contribution in [2.24, 2.45) is 5.73 Å². The summed E-state index contributed by atoms with van der Waals surface area (Å²) < 4.78 is 2.03. The van der Waals surface area contributed by atoms with Crippen LogP contribution in [0.25, 0.3) is 33.9 Å². The molecule has 0 aliphatic heterocycles. The highest BCUT2D eigenvalue weighted by Crippen LogP contribution is 2.30. The van der Waals surface area contributed by atoms with Gasteiger partial charge in [-0.2, -0.15) is 10.3 Å². The molecule has 2 heterocycles. The standard InChI is InChI=1S/C29H32N8/c1-2-3-4-9-27-31-29(24-16-10-21(11-17-24)18-19-30)37(34-27)20-22-12-14-23(15-13-22)25-7-5-6-8-26(25)28-32-35-36-33-28/h5-8,10-17H,2-4,9,18-20,30H2,1H3,(H,32,33,35,36). The molecule has 0 unspecified atom stereocenters. The van der Waals surface area contributed by atoms with E-state index in [1.807, 2.05) is 22.9 Å². The summed E-state index contributed by atoms with van der Waals surface area (Å²) in [6.07, 6.45) is 5.23. The number of hydrogen-bond donors (Lipinski definition) is 2. The van der Waals surface area contributed by atoms with E-state index >= 15 is 0 Å². The number of H-pyrrole nitrogens is 1. The molecule has 3 aromatic carbocycles. The van der Waals surface area contributed by atoms with E-state index in [0.717, 1.165) is 58.7 Å². The molecule has 0 radical (unpaired) electrons. The van der Waals surface area contributed by atoms with Gasteiger partial charge >= 0.3 is 0 Å². The van der Waals surface area contributed by atoms with Gasteiger partial charge in [0.05, 0.1) is 6.54 Å². The van der Waals surface area contributed by atoms with Crippen LogP contribution in [0.5, 0.6) is 0 Å². The van der Waals surface area contributed by atoms with Crippen molar-refractivity contribution in [1.29, 1.82) is 0 Å². The molecule has 0 aliphatic rings. The van der Waals surface area contributed by atoms with Crippen LogP contribution in [-0.2, 0) is 19.4 Å². The van der Waals surface area contributed by atoms with Crippen molar-refractivity contribution >= 4 is 0 Å². The smallest absolute Gasteiger partial charge is 0.205 e. The number of nitrogens with two attached hydrogens (primary N) is 1. The Morgan fingerprint density at radius 3 is 2.24 bits per heavy atom. The molecule has 0 spiro atoms. The Balaban J connectivity index is 1.41. The first-order valence-electron chi connectivity index (χ1n) is 12.9. The highest BCUT2D eigenvalue weighted by molar-refractivity contribution is 5.80. The van der Waals surface area contributed by atoms with E-state index in [4.69, 9.17) is 15.8 Å². The van der Waals surface area contributed by atoms with Crippen molar-refractivity contribution in [3.05, 3.63) is 89.7 Å². The van der Waals surface area contributed by atoms with Crippen LogP contribution in [0, 0.1) is 0 Å². The van der Waals surface area contributed by atoms with Gasteiger partial charge in [-0.25, -0.2) is 9.67 Å². The third-order valence-electron chi connectivity index (χ3n) is 6.48. The normalized spacial score (nSPS) is 11.2. The van der Waals surface area contributed by atoms with Gasteiger partial charge in [-0.05, 0) is 46.9 Å². The zero-order valence-corrected chi connectivity index (χ0v) is 21.1. The SMILES string of the molecule is CCCCCc1nc(-c2ccc(CCN)cc2)n(Cc2ccc(-c3ccccc3-c3nn[nH]n3)cc2)n1. The Bertz CT molecular complexity index is 1400. The maximum atomic E-state index is 5.72. The number of tetrazole rings is 1. The predicted molar refractivity (Wildman–Crippen MR) is 146 cm³/mol. The molecule has 0 bridgehead atoms. The summed E-state index contributed by atoms with van der Waals surface area (Å²) >= 11 is 0. The number of nitrogens with zero attached hydrogens (tertiary/aromatic N) is 6. The van der Waals surface area contributed by atoms with Crippen LogP contribution in [0.15, 0.2) is 72.8 Å². The van der Waals surface area contributed by atoms with E-state index in [9.17, 15) is 0 Å². The average Bonchev–Trinajstić information content (AvgIpc) is 3.61. The fraction of sp³-hybridized carbons (Fsp3) is 0.276. The van der Waals surface area contributed by atoms with E-state index in [-0.39, 0.29) is 0 Å². The van der Waals surface area contributed by atoms with Crippen LogP contribution in [-0.4, -0.2) is 41.9 Å². The minimum Gasteiger partial charge on any atom is -0.330 e. The molecule has 188 valence electrons. The van der Waals surface area contributed by atoms with Gasteiger partial charge in [0.2, 0.25) is 5.82 Å². The number of nitrogens with one attached hydrogen (secondary N) is 1. The first kappa shape index (κ1) is 24.5. The summed E-state index contributed by atoms with van der Waals surface area (Å²) in [6, 6.07) is 25.2. The lowest BCUT2D eigenvalue weighted by Gasteiger charge is -2.10. The molecule has 0 atom stereocenters. The Hall–Kier alpha value is -4.17. The van der Waals surface area contributed by atoms with Gasteiger partial charge in [-0.3, -0.25) is 0 Å². The van der Waals surface area contributed by atoms with Crippen LogP contribution in [0.2, 0.25) is 0 Å². The second-order valence-electron chi connectivity index (χ2n) is 9.18. The molecule has 3 N–H and O–H groups in total. The molecule has 5 rings (SSSR count). The van der Waals surface area contributed by atoms with Crippen molar-refractivity contribution in [2.45, 2.75) is 45.6 Å². The monoisotopic (exact) mass is 492 g/mol. The summed E-state index contributed by atoms with van der Waals surface area (Å²) in [5.74, 6) is 2.39. The average molecular weight is 493 g/mol. The van der Waals surface area contributed by atoms with E-state index in [2.05, 4.69) is 82.1 Å². The summed E-state index contributed by atoms with van der Waals surface area (Å²) in [4.78, 5) is 4.93. The number of hydrogen-bond acceptors (Lipinski definition) is 6. The fourth-order valence-electron chi connectivity index (χ4n) is 4.51. The van der Waals surface area contributed by atoms with E-state index in [1.54, 1.807) is 0 Å². The van der Waals surface area contributed by atoms with E-state index < -0.39 is 0 Å². The molecule has 8 nitrogen and oxygen atoms in total. The first-order valence-corrected chi connectivity index (χ1v) is 12.9. The van der Waals surface area contributed by atoms with Crippen LogP contribution < -0.4 is 5.73 Å². The maximum absolute atomic E-state index is 5.72. The molecule has 0 amide bonds. The summed E-state index contributed by atoms with van der Waals surface area (Å²) in [6.45, 7) is 3.50. The van der Waals surface area contributed by atoms with E-state index in [0.29, 0.717) is 18.9 Å². The minimum absolute atomic E-state index is 0.583. The largest absolute Gasteiger partial charge is 0.330 e. The lowest BCUT2D eigenvalue weighted by Crippen LogP contribution is -2.05. The third-order valence-corrected chi connectivity index (χ3v) is 6.48. The molecule has 5 aromatic rings. The van der Waals surface area contributed by atoms with Crippen molar-refractivity contribution in [3.8, 4) is 33.9 Å². The molecule has 37 heavy (non-hydrogen) atoms. The Morgan fingerprint density at radius 1 is 0.811 bits per heavy atom. The van der Waals surface area contributed by atoms with Gasteiger partial charge in [-0.15, -0.1) is 10.2 Å². The Morgan fingerprint density at radius 2 is 1.54 bits per heavy atom. The maximum Gasteiger partial charge on any atom is 0.205 e. The molecule has 2 aromatic heterocycles. The molecule has 0 fully saturated rings. The summed E-state index contributed by atoms with van der Waals surface area (Å²) in [5.41, 5.74) is 12.3. The second-order valence-corrected chi connectivity index (χ2v) is 9.18. The molecule has 0 aliphatic carbocycles. The quantitative estimate of drug-likeness (QED) is 0.249. The van der Waals surface area contributed by atoms with Crippen molar-refractivity contribution in [1.82, 2.24) is 35.4 Å². The zero-order chi connectivity index (χ0) is 25.5. The number of unbranched alkanes of at least 4 members (excludes halogenated alkanes) is 2. The molecule has 0 saturated heterocycles. The van der Waals surface area contributed by atoms with Crippen molar-refractivity contribution in [2.75, 3.05) is 6.54 Å². The third kappa shape index (κ3) is 5.81. The van der Waals surface area contributed by atoms with Crippen LogP contribution in [0.3, 0.4) is 0 Å². The molecular weight excluding hydrogens is 460 g/mol. The molecule has 8 heteroatoms. The lowest BCUT2D eigenvalue weighted by molar-refractivity contribution is 0.653. The van der Waals surface area contributed by atoms with Crippen LogP contribution in [0.4, 0.5) is 0 Å². The topological polar surface area (TPSA) is 111 Å².